The molecule has 1 amide bonds. The molecule has 0 saturated heterocycles. The Morgan fingerprint density at radius 2 is 2.12 bits per heavy atom. The number of aromatic nitrogens is 2. The molecule has 0 spiro atoms. The first-order valence-corrected chi connectivity index (χ1v) is 7.36. The van der Waals surface area contributed by atoms with Crippen LogP contribution in [0.4, 0.5) is 17.6 Å². The van der Waals surface area contributed by atoms with Crippen molar-refractivity contribution in [3.8, 4) is 11.4 Å². The van der Waals surface area contributed by atoms with Crippen molar-refractivity contribution in [2.75, 3.05) is 13.2 Å². The molecule has 1 aromatic heterocycles. The monoisotopic (exact) mass is 374 g/mol. The Morgan fingerprint density at radius 3 is 2.69 bits per heavy atom. The maximum Gasteiger partial charge on any atom is 0.471 e. The molecule has 0 aliphatic heterocycles. The van der Waals surface area contributed by atoms with Gasteiger partial charge in [0.05, 0.1) is 17.8 Å². The number of halogens is 4. The van der Waals surface area contributed by atoms with E-state index in [0.717, 1.165) is 12.1 Å². The highest BCUT2D eigenvalue weighted by molar-refractivity contribution is 5.97. The van der Waals surface area contributed by atoms with Gasteiger partial charge in [-0.05, 0) is 26.0 Å². The lowest BCUT2D eigenvalue weighted by molar-refractivity contribution is -0.159. The number of amides is 1. The number of benzene rings is 1. The fourth-order valence-corrected chi connectivity index (χ4v) is 1.80. The van der Waals surface area contributed by atoms with Gasteiger partial charge in [-0.1, -0.05) is 16.4 Å². The lowest BCUT2D eigenvalue weighted by Crippen LogP contribution is -2.29. The van der Waals surface area contributed by atoms with E-state index in [0.29, 0.717) is 12.3 Å². The Balaban J connectivity index is 2.12. The zero-order chi connectivity index (χ0) is 19.3. The van der Waals surface area contributed by atoms with Crippen molar-refractivity contribution >= 4 is 11.6 Å². The zero-order valence-corrected chi connectivity index (χ0v) is 13.7. The van der Waals surface area contributed by atoms with Gasteiger partial charge in [0.25, 0.3) is 5.91 Å². The van der Waals surface area contributed by atoms with E-state index in [9.17, 15) is 22.4 Å². The molecule has 26 heavy (non-hydrogen) atoms. The van der Waals surface area contributed by atoms with E-state index >= 15 is 0 Å². The number of carbonyl (C=O) groups excluding carboxylic acids is 1. The molecule has 0 unspecified atom stereocenters. The molecule has 1 heterocycles. The molecule has 0 fully saturated rings. The summed E-state index contributed by atoms with van der Waals surface area (Å²) in [5, 5.41) is 9.29. The van der Waals surface area contributed by atoms with Gasteiger partial charge in [0.1, 0.15) is 12.4 Å². The summed E-state index contributed by atoms with van der Waals surface area (Å²) in [5.41, 5.74) is 0.119. The number of oxime groups is 1. The second-order valence-electron chi connectivity index (χ2n) is 5.04. The van der Waals surface area contributed by atoms with E-state index in [1.807, 2.05) is 0 Å². The van der Waals surface area contributed by atoms with E-state index < -0.39 is 29.6 Å². The Labute approximate surface area is 145 Å². The minimum Gasteiger partial charge on any atom is -0.396 e. The first-order valence-electron chi connectivity index (χ1n) is 7.36. The largest absolute Gasteiger partial charge is 0.471 e. The third-order valence-corrected chi connectivity index (χ3v) is 2.99. The van der Waals surface area contributed by atoms with Crippen LogP contribution in [-0.4, -0.2) is 34.9 Å². The molecule has 0 aliphatic rings. The molecule has 2 rings (SSSR count). The average molecular weight is 374 g/mol. The quantitative estimate of drug-likeness (QED) is 0.477. The van der Waals surface area contributed by atoms with Crippen LogP contribution in [0.15, 0.2) is 27.9 Å². The molecule has 0 atom stereocenters. The van der Waals surface area contributed by atoms with Crippen LogP contribution in [0.2, 0.25) is 0 Å². The van der Waals surface area contributed by atoms with Crippen LogP contribution in [0.3, 0.4) is 0 Å². The lowest BCUT2D eigenvalue weighted by Gasteiger charge is -2.06. The minimum absolute atomic E-state index is 0.0415. The van der Waals surface area contributed by atoms with Crippen molar-refractivity contribution in [3.05, 3.63) is 35.5 Å². The summed E-state index contributed by atoms with van der Waals surface area (Å²) >= 11 is 0. The van der Waals surface area contributed by atoms with E-state index in [4.69, 9.17) is 4.84 Å². The summed E-state index contributed by atoms with van der Waals surface area (Å²) in [7, 11) is 0. The highest BCUT2D eigenvalue weighted by Gasteiger charge is 2.38. The van der Waals surface area contributed by atoms with Crippen molar-refractivity contribution < 1.29 is 31.7 Å². The summed E-state index contributed by atoms with van der Waals surface area (Å²) in [5.74, 6) is -3.65. The Kier molecular flexibility index (Phi) is 5.90. The van der Waals surface area contributed by atoms with Gasteiger partial charge in [-0.25, -0.2) is 4.39 Å². The smallest absolute Gasteiger partial charge is 0.396 e. The van der Waals surface area contributed by atoms with E-state index in [1.165, 1.54) is 6.07 Å². The van der Waals surface area contributed by atoms with Gasteiger partial charge in [0.2, 0.25) is 5.82 Å². The molecule has 0 bridgehead atoms. The van der Waals surface area contributed by atoms with Gasteiger partial charge in [0.15, 0.2) is 0 Å². The summed E-state index contributed by atoms with van der Waals surface area (Å²) < 4.78 is 55.6. The first kappa shape index (κ1) is 19.3. The van der Waals surface area contributed by atoms with Crippen LogP contribution >= 0.6 is 0 Å². The lowest BCUT2D eigenvalue weighted by atomic mass is 10.1. The fourth-order valence-electron chi connectivity index (χ4n) is 1.80. The third kappa shape index (κ3) is 4.77. The van der Waals surface area contributed by atoms with E-state index in [1.54, 1.807) is 13.8 Å². The summed E-state index contributed by atoms with van der Waals surface area (Å²) in [4.78, 5) is 19.9. The van der Waals surface area contributed by atoms with Gasteiger partial charge in [-0.3, -0.25) is 4.79 Å². The molecular weight excluding hydrogens is 360 g/mol. The third-order valence-electron chi connectivity index (χ3n) is 2.99. The molecule has 140 valence electrons. The fraction of sp³-hybridized carbons (Fsp3) is 0.333. The molecule has 2 aromatic rings. The molecule has 0 aliphatic carbocycles. The van der Waals surface area contributed by atoms with Crippen LogP contribution in [0.5, 0.6) is 0 Å². The standard InChI is InChI=1S/C15H14F4N4O3/c1-3-25-22-8(2)7-20-13(24)10-5-4-9(6-11(10)16)12-21-14(26-23-12)15(17,18)19/h4-6H,3,7H2,1-2H3,(H,20,24). The van der Waals surface area contributed by atoms with E-state index in [2.05, 4.69) is 25.1 Å². The molecular formula is C15H14F4N4O3. The SMILES string of the molecule is CCON=C(C)CNC(=O)c1ccc(-c2noc(C(F)(F)F)n2)cc1F. The maximum absolute atomic E-state index is 14.1. The molecule has 1 aromatic carbocycles. The van der Waals surface area contributed by atoms with Crippen molar-refractivity contribution in [2.45, 2.75) is 20.0 Å². The normalized spacial score (nSPS) is 12.2. The highest BCUT2D eigenvalue weighted by atomic mass is 19.4. The topological polar surface area (TPSA) is 89.6 Å². The van der Waals surface area contributed by atoms with Crippen molar-refractivity contribution in [1.29, 1.82) is 0 Å². The van der Waals surface area contributed by atoms with Gasteiger partial charge < -0.3 is 14.7 Å². The first-order chi connectivity index (χ1) is 12.2. The minimum atomic E-state index is -4.80. The summed E-state index contributed by atoms with van der Waals surface area (Å²) in [6.07, 6.45) is -4.80. The Morgan fingerprint density at radius 1 is 1.38 bits per heavy atom. The van der Waals surface area contributed by atoms with Crippen LogP contribution in [0.25, 0.3) is 11.4 Å². The summed E-state index contributed by atoms with van der Waals surface area (Å²) in [6, 6.07) is 3.17. The number of alkyl halides is 3. The van der Waals surface area contributed by atoms with Gasteiger partial charge in [-0.2, -0.15) is 18.2 Å². The predicted molar refractivity (Wildman–Crippen MR) is 81.8 cm³/mol. The molecule has 1 N–H and O–H groups in total. The van der Waals surface area contributed by atoms with Crippen LogP contribution < -0.4 is 5.32 Å². The number of rotatable bonds is 6. The van der Waals surface area contributed by atoms with Crippen LogP contribution in [-0.2, 0) is 11.0 Å². The number of hydrogen-bond donors (Lipinski definition) is 1. The molecule has 0 radical (unpaired) electrons. The zero-order valence-electron chi connectivity index (χ0n) is 13.7. The Hall–Kier alpha value is -2.98. The molecule has 7 nitrogen and oxygen atoms in total. The van der Waals surface area contributed by atoms with Crippen molar-refractivity contribution in [1.82, 2.24) is 15.5 Å². The average Bonchev–Trinajstić information content (AvgIpc) is 3.08. The predicted octanol–water partition coefficient (Wildman–Crippen LogP) is 3.04. The second kappa shape index (κ2) is 7.93. The summed E-state index contributed by atoms with van der Waals surface area (Å²) in [6.45, 7) is 3.77. The van der Waals surface area contributed by atoms with Crippen LogP contribution in [0, 0.1) is 5.82 Å². The van der Waals surface area contributed by atoms with Crippen LogP contribution in [0.1, 0.15) is 30.1 Å². The number of nitrogens with zero attached hydrogens (tertiary/aromatic N) is 3. The van der Waals surface area contributed by atoms with Gasteiger partial charge in [-0.15, -0.1) is 0 Å². The second-order valence-corrected chi connectivity index (χ2v) is 5.04. The van der Waals surface area contributed by atoms with Crippen molar-refractivity contribution in [3.63, 3.8) is 0 Å². The van der Waals surface area contributed by atoms with E-state index in [-0.39, 0.29) is 17.7 Å². The number of hydrogen-bond acceptors (Lipinski definition) is 6. The molecule has 11 heteroatoms. The van der Waals surface area contributed by atoms with Crippen molar-refractivity contribution in [2.24, 2.45) is 5.16 Å². The number of carbonyl (C=O) groups is 1. The van der Waals surface area contributed by atoms with Gasteiger partial charge in [0, 0.05) is 5.56 Å². The maximum atomic E-state index is 14.1. The van der Waals surface area contributed by atoms with Gasteiger partial charge >= 0.3 is 12.1 Å². The number of nitrogens with one attached hydrogen (secondary N) is 1. The Bertz CT molecular complexity index is 817. The highest BCUT2D eigenvalue weighted by Crippen LogP contribution is 2.29. The molecule has 0 saturated carbocycles.